The summed E-state index contributed by atoms with van der Waals surface area (Å²) < 4.78 is 11.9. The van der Waals surface area contributed by atoms with Crippen LogP contribution >= 0.6 is 11.6 Å². The number of hydrogen-bond acceptors (Lipinski definition) is 4. The fourth-order valence-electron chi connectivity index (χ4n) is 4.58. The molecule has 0 saturated carbocycles. The standard InChI is InChI=1S/C29H26ClNO4/c1-3-4-5-15-34-22-12-10-19(11-13-22)26-25-27(32)23-16-18(2)9-14-24(23)35-28(25)29(33)31(26)21-8-6-7-20(30)17-21/h6-14,16-17,26H,3-5,15H2,1-2H3. The van der Waals surface area contributed by atoms with Crippen molar-refractivity contribution in [3.05, 3.63) is 104 Å². The number of anilines is 1. The lowest BCUT2D eigenvalue weighted by Gasteiger charge is -2.25. The summed E-state index contributed by atoms with van der Waals surface area (Å²) in [6, 6.07) is 19.4. The monoisotopic (exact) mass is 487 g/mol. The number of ether oxygens (including phenoxy) is 1. The van der Waals surface area contributed by atoms with E-state index in [2.05, 4.69) is 6.92 Å². The van der Waals surface area contributed by atoms with Crippen molar-refractivity contribution in [3.8, 4) is 5.75 Å². The fraction of sp³-hybridized carbons (Fsp3) is 0.241. The average Bonchev–Trinajstić information content (AvgIpc) is 3.15. The Morgan fingerprint density at radius 1 is 1.00 bits per heavy atom. The van der Waals surface area contributed by atoms with Gasteiger partial charge in [0.05, 0.1) is 23.6 Å². The normalized spacial score (nSPS) is 15.0. The van der Waals surface area contributed by atoms with Crippen LogP contribution in [0.25, 0.3) is 11.0 Å². The highest BCUT2D eigenvalue weighted by molar-refractivity contribution is 6.31. The van der Waals surface area contributed by atoms with Gasteiger partial charge in [0.15, 0.2) is 5.43 Å². The zero-order valence-electron chi connectivity index (χ0n) is 19.7. The second-order valence-electron chi connectivity index (χ2n) is 8.86. The molecule has 6 heteroatoms. The highest BCUT2D eigenvalue weighted by Crippen LogP contribution is 2.42. The van der Waals surface area contributed by atoms with Gasteiger partial charge in [0.25, 0.3) is 5.91 Å². The predicted octanol–water partition coefficient (Wildman–Crippen LogP) is 7.07. The molecule has 0 radical (unpaired) electrons. The fourth-order valence-corrected chi connectivity index (χ4v) is 4.77. The van der Waals surface area contributed by atoms with Crippen LogP contribution in [0.1, 0.15) is 59.5 Å². The quantitative estimate of drug-likeness (QED) is 0.261. The van der Waals surface area contributed by atoms with E-state index in [1.54, 1.807) is 35.2 Å². The van der Waals surface area contributed by atoms with Crippen LogP contribution < -0.4 is 15.1 Å². The molecule has 35 heavy (non-hydrogen) atoms. The van der Waals surface area contributed by atoms with Gasteiger partial charge in [0, 0.05) is 10.7 Å². The zero-order valence-corrected chi connectivity index (χ0v) is 20.5. The molecule has 0 spiro atoms. The Morgan fingerprint density at radius 3 is 2.54 bits per heavy atom. The van der Waals surface area contributed by atoms with Crippen LogP contribution in [0.3, 0.4) is 0 Å². The van der Waals surface area contributed by atoms with Crippen molar-refractivity contribution in [2.45, 2.75) is 39.2 Å². The van der Waals surface area contributed by atoms with Crippen LogP contribution in [-0.2, 0) is 0 Å². The van der Waals surface area contributed by atoms with Crippen molar-refractivity contribution >= 4 is 34.2 Å². The highest BCUT2D eigenvalue weighted by atomic mass is 35.5. The molecule has 0 N–H and O–H groups in total. The van der Waals surface area contributed by atoms with Gasteiger partial charge in [-0.05, 0) is 61.4 Å². The zero-order chi connectivity index (χ0) is 24.5. The predicted molar refractivity (Wildman–Crippen MR) is 139 cm³/mol. The third kappa shape index (κ3) is 4.32. The molecule has 0 fully saturated rings. The number of benzene rings is 3. The van der Waals surface area contributed by atoms with E-state index in [-0.39, 0.29) is 17.1 Å². The SMILES string of the molecule is CCCCCOc1ccc(C2c3c(oc4ccc(C)cc4c3=O)C(=O)N2c2cccc(Cl)c2)cc1. The van der Waals surface area contributed by atoms with Crippen molar-refractivity contribution in [1.29, 1.82) is 0 Å². The number of rotatable bonds is 7. The number of amides is 1. The Morgan fingerprint density at radius 2 is 1.80 bits per heavy atom. The molecule has 1 aromatic heterocycles. The Hall–Kier alpha value is -3.57. The van der Waals surface area contributed by atoms with Crippen molar-refractivity contribution < 1.29 is 13.9 Å². The smallest absolute Gasteiger partial charge is 0.295 e. The third-order valence-electron chi connectivity index (χ3n) is 6.32. The van der Waals surface area contributed by atoms with Crippen LogP contribution in [0.4, 0.5) is 5.69 Å². The molecule has 1 aliphatic rings. The van der Waals surface area contributed by atoms with E-state index >= 15 is 0 Å². The van der Waals surface area contributed by atoms with Gasteiger partial charge in [-0.3, -0.25) is 14.5 Å². The molecule has 0 bridgehead atoms. The Bertz CT molecular complexity index is 1460. The summed E-state index contributed by atoms with van der Waals surface area (Å²) in [5.41, 5.74) is 2.87. The third-order valence-corrected chi connectivity index (χ3v) is 6.56. The van der Waals surface area contributed by atoms with Gasteiger partial charge in [-0.25, -0.2) is 0 Å². The molecule has 2 heterocycles. The minimum Gasteiger partial charge on any atom is -0.494 e. The molecule has 5 rings (SSSR count). The van der Waals surface area contributed by atoms with E-state index < -0.39 is 6.04 Å². The van der Waals surface area contributed by atoms with E-state index in [1.807, 2.05) is 43.3 Å². The first-order chi connectivity index (χ1) is 17.0. The Labute approximate surface area is 208 Å². The van der Waals surface area contributed by atoms with Crippen LogP contribution in [0.5, 0.6) is 5.75 Å². The summed E-state index contributed by atoms with van der Waals surface area (Å²) in [5.74, 6) is 0.452. The van der Waals surface area contributed by atoms with Crippen LogP contribution in [0.15, 0.2) is 75.9 Å². The maximum atomic E-state index is 13.7. The van der Waals surface area contributed by atoms with E-state index in [9.17, 15) is 9.59 Å². The van der Waals surface area contributed by atoms with Gasteiger partial charge in [0.1, 0.15) is 11.3 Å². The lowest BCUT2D eigenvalue weighted by molar-refractivity contribution is 0.0971. The summed E-state index contributed by atoms with van der Waals surface area (Å²) >= 11 is 6.26. The Balaban J connectivity index is 1.63. The Kier molecular flexibility index (Phi) is 6.35. The van der Waals surface area contributed by atoms with Gasteiger partial charge in [0.2, 0.25) is 5.76 Å². The van der Waals surface area contributed by atoms with Crippen LogP contribution in [0, 0.1) is 6.92 Å². The molecular weight excluding hydrogens is 462 g/mol. The minimum absolute atomic E-state index is 0.0659. The number of unbranched alkanes of at least 4 members (excludes halogenated alkanes) is 2. The number of nitrogens with zero attached hydrogens (tertiary/aromatic N) is 1. The lowest BCUT2D eigenvalue weighted by atomic mass is 9.98. The second kappa shape index (κ2) is 9.59. The molecule has 1 atom stereocenters. The van der Waals surface area contributed by atoms with Crippen molar-refractivity contribution in [1.82, 2.24) is 0 Å². The summed E-state index contributed by atoms with van der Waals surface area (Å²) in [4.78, 5) is 29.0. The number of fused-ring (bicyclic) bond motifs is 2. The number of carbonyl (C=O) groups is 1. The molecule has 0 saturated heterocycles. The van der Waals surface area contributed by atoms with Gasteiger partial charge < -0.3 is 9.15 Å². The van der Waals surface area contributed by atoms with Gasteiger partial charge in [-0.15, -0.1) is 0 Å². The average molecular weight is 488 g/mol. The van der Waals surface area contributed by atoms with Gasteiger partial charge in [-0.1, -0.05) is 61.2 Å². The summed E-state index contributed by atoms with van der Waals surface area (Å²) in [5, 5.41) is 0.964. The molecule has 4 aromatic rings. The summed E-state index contributed by atoms with van der Waals surface area (Å²) in [6.07, 6.45) is 3.25. The molecule has 178 valence electrons. The lowest BCUT2D eigenvalue weighted by Crippen LogP contribution is -2.29. The van der Waals surface area contributed by atoms with Crippen LogP contribution in [-0.4, -0.2) is 12.5 Å². The first-order valence-corrected chi connectivity index (χ1v) is 12.2. The first kappa shape index (κ1) is 23.2. The maximum absolute atomic E-state index is 13.7. The summed E-state index contributed by atoms with van der Waals surface area (Å²) in [6.45, 7) is 4.73. The second-order valence-corrected chi connectivity index (χ2v) is 9.29. The molecule has 5 nitrogen and oxygen atoms in total. The molecule has 0 aliphatic carbocycles. The first-order valence-electron chi connectivity index (χ1n) is 11.9. The number of aryl methyl sites for hydroxylation is 1. The van der Waals surface area contributed by atoms with Crippen molar-refractivity contribution in [2.24, 2.45) is 0 Å². The highest BCUT2D eigenvalue weighted by Gasteiger charge is 2.43. The molecule has 1 aliphatic heterocycles. The number of halogens is 1. The largest absolute Gasteiger partial charge is 0.494 e. The summed E-state index contributed by atoms with van der Waals surface area (Å²) in [7, 11) is 0. The van der Waals surface area contributed by atoms with Gasteiger partial charge >= 0.3 is 0 Å². The topological polar surface area (TPSA) is 59.8 Å². The van der Waals surface area contributed by atoms with Crippen LogP contribution in [0.2, 0.25) is 5.02 Å². The van der Waals surface area contributed by atoms with Crippen molar-refractivity contribution in [2.75, 3.05) is 11.5 Å². The molecule has 1 unspecified atom stereocenters. The minimum atomic E-state index is -0.647. The number of hydrogen-bond donors (Lipinski definition) is 0. The number of carbonyl (C=O) groups excluding carboxylic acids is 1. The van der Waals surface area contributed by atoms with E-state index in [0.29, 0.717) is 33.8 Å². The molecule has 1 amide bonds. The molecular formula is C29H26ClNO4. The maximum Gasteiger partial charge on any atom is 0.295 e. The molecule has 3 aromatic carbocycles. The van der Waals surface area contributed by atoms with E-state index in [1.165, 1.54) is 0 Å². The van der Waals surface area contributed by atoms with Crippen molar-refractivity contribution in [3.63, 3.8) is 0 Å². The van der Waals surface area contributed by atoms with Gasteiger partial charge in [-0.2, -0.15) is 0 Å². The van der Waals surface area contributed by atoms with E-state index in [0.717, 1.165) is 36.1 Å². The van der Waals surface area contributed by atoms with E-state index in [4.69, 9.17) is 20.8 Å².